The number of hydrogen-bond acceptors (Lipinski definition) is 7. The average molecular weight is 372 g/mol. The number of aryl methyl sites for hydroxylation is 1. The maximum absolute atomic E-state index is 6.36. The normalized spacial score (nSPS) is 27.4. The molecule has 1 aromatic heterocycles. The van der Waals surface area contributed by atoms with Gasteiger partial charge in [-0.3, -0.25) is 4.90 Å². The molecule has 6 nitrogen and oxygen atoms in total. The van der Waals surface area contributed by atoms with Crippen molar-refractivity contribution in [3.05, 3.63) is 36.2 Å². The van der Waals surface area contributed by atoms with E-state index in [9.17, 15) is 0 Å². The largest absolute Gasteiger partial charge is 0.382 e. The maximum Gasteiger partial charge on any atom is 0.162 e. The lowest BCUT2D eigenvalue weighted by Gasteiger charge is -2.31. The highest BCUT2D eigenvalue weighted by Crippen LogP contribution is 2.45. The van der Waals surface area contributed by atoms with E-state index in [2.05, 4.69) is 65.2 Å². The first kappa shape index (κ1) is 17.4. The Labute approximate surface area is 158 Å². The van der Waals surface area contributed by atoms with Crippen LogP contribution in [-0.2, 0) is 4.74 Å². The van der Waals surface area contributed by atoms with E-state index >= 15 is 0 Å². The fraction of sp³-hybridized carbons (Fsp3) is 0.474. The van der Waals surface area contributed by atoms with E-state index in [0.29, 0.717) is 11.7 Å². The molecule has 0 radical (unpaired) electrons. The van der Waals surface area contributed by atoms with Gasteiger partial charge in [-0.05, 0) is 37.8 Å². The molecule has 2 aromatic rings. The van der Waals surface area contributed by atoms with Crippen LogP contribution in [0, 0.1) is 12.8 Å². The first-order valence-electron chi connectivity index (χ1n) is 9.11. The zero-order chi connectivity index (χ0) is 18.3. The number of rotatable bonds is 4. The monoisotopic (exact) mass is 371 g/mol. The van der Waals surface area contributed by atoms with Crippen LogP contribution in [0.4, 0.5) is 17.3 Å². The molecule has 1 saturated heterocycles. The molecular formula is C19H25N5OS. The lowest BCUT2D eigenvalue weighted by molar-refractivity contribution is 0.0327. The summed E-state index contributed by atoms with van der Waals surface area (Å²) in [6, 6.07) is 8.55. The summed E-state index contributed by atoms with van der Waals surface area (Å²) in [7, 11) is 0. The number of ether oxygens (including phenoxy) is 1. The van der Waals surface area contributed by atoms with Crippen molar-refractivity contribution in [3.8, 4) is 0 Å². The molecule has 2 aliphatic rings. The smallest absolute Gasteiger partial charge is 0.162 e. The summed E-state index contributed by atoms with van der Waals surface area (Å²) in [4.78, 5) is 12.1. The standard InChI is InChI=1S/C19H25N5OS/c1-4-14-12(3)9-15(25-14)24-18-16(17(20)21-10-22-18)23-19(24)26-13-7-5-11(2)6-8-13/h5-8,10,12,14-15,19,23H,4,9H2,1-3H3,(H2,20,21,22)/t12?,14?,15-,19?/m1/s1. The second-order valence-corrected chi connectivity index (χ2v) is 8.20. The third kappa shape index (κ3) is 3.10. The Morgan fingerprint density at radius 3 is 2.77 bits per heavy atom. The highest BCUT2D eigenvalue weighted by Gasteiger charge is 2.43. The van der Waals surface area contributed by atoms with E-state index < -0.39 is 0 Å². The predicted octanol–water partition coefficient (Wildman–Crippen LogP) is 3.84. The number of aromatic nitrogens is 2. The Balaban J connectivity index is 1.64. The van der Waals surface area contributed by atoms with Crippen molar-refractivity contribution in [3.63, 3.8) is 0 Å². The van der Waals surface area contributed by atoms with Crippen molar-refractivity contribution < 1.29 is 4.74 Å². The fourth-order valence-electron chi connectivity index (χ4n) is 3.69. The predicted molar refractivity (Wildman–Crippen MR) is 106 cm³/mol. The average Bonchev–Trinajstić information content (AvgIpc) is 3.17. The van der Waals surface area contributed by atoms with Crippen LogP contribution in [0.2, 0.25) is 0 Å². The molecule has 0 amide bonds. The second-order valence-electron chi connectivity index (χ2n) is 7.04. The van der Waals surface area contributed by atoms with E-state index in [0.717, 1.165) is 24.3 Å². The molecule has 0 aliphatic carbocycles. The number of nitrogens with one attached hydrogen (secondary N) is 1. The zero-order valence-electron chi connectivity index (χ0n) is 15.3. The van der Waals surface area contributed by atoms with Gasteiger partial charge in [0.05, 0.1) is 6.10 Å². The van der Waals surface area contributed by atoms with Crippen LogP contribution >= 0.6 is 11.8 Å². The molecule has 7 heteroatoms. The highest BCUT2D eigenvalue weighted by atomic mass is 32.2. The minimum absolute atomic E-state index is 0.0130. The zero-order valence-corrected chi connectivity index (χ0v) is 16.2. The number of thioether (sulfide) groups is 1. The number of benzene rings is 1. The van der Waals surface area contributed by atoms with Gasteiger partial charge in [0.25, 0.3) is 0 Å². The number of anilines is 3. The molecule has 26 heavy (non-hydrogen) atoms. The quantitative estimate of drug-likeness (QED) is 0.845. The first-order valence-corrected chi connectivity index (χ1v) is 9.99. The summed E-state index contributed by atoms with van der Waals surface area (Å²) in [5, 5.41) is 3.50. The van der Waals surface area contributed by atoms with E-state index in [1.807, 2.05) is 0 Å². The number of nitrogens with zero attached hydrogens (tertiary/aromatic N) is 3. The Bertz CT molecular complexity index is 784. The SMILES string of the molecule is CCC1O[C@@H](N2c3ncnc(N)c3NC2Sc2ccc(C)cc2)CC1C. The molecular weight excluding hydrogens is 346 g/mol. The van der Waals surface area contributed by atoms with Crippen LogP contribution in [0.3, 0.4) is 0 Å². The maximum atomic E-state index is 6.36. The minimum atomic E-state index is -0.0282. The van der Waals surface area contributed by atoms with Gasteiger partial charge in [-0.15, -0.1) is 0 Å². The van der Waals surface area contributed by atoms with Gasteiger partial charge in [-0.2, -0.15) is 0 Å². The summed E-state index contributed by atoms with van der Waals surface area (Å²) in [6.45, 7) is 6.53. The molecule has 3 heterocycles. The molecule has 0 bridgehead atoms. The van der Waals surface area contributed by atoms with E-state index in [1.165, 1.54) is 16.8 Å². The Kier molecular flexibility index (Phi) is 4.67. The van der Waals surface area contributed by atoms with Crippen LogP contribution in [0.1, 0.15) is 32.3 Å². The van der Waals surface area contributed by atoms with Gasteiger partial charge < -0.3 is 15.8 Å². The molecule has 2 aliphatic heterocycles. The highest BCUT2D eigenvalue weighted by molar-refractivity contribution is 8.00. The number of hydrogen-bond donors (Lipinski definition) is 2. The number of fused-ring (bicyclic) bond motifs is 1. The van der Waals surface area contributed by atoms with Gasteiger partial charge in [0.1, 0.15) is 18.2 Å². The van der Waals surface area contributed by atoms with Gasteiger partial charge in [-0.25, -0.2) is 9.97 Å². The van der Waals surface area contributed by atoms with Gasteiger partial charge in [0.2, 0.25) is 0 Å². The molecule has 0 spiro atoms. The van der Waals surface area contributed by atoms with Crippen molar-refractivity contribution in [1.82, 2.24) is 9.97 Å². The van der Waals surface area contributed by atoms with Crippen molar-refractivity contribution in [1.29, 1.82) is 0 Å². The number of nitrogens with two attached hydrogens (primary N) is 1. The van der Waals surface area contributed by atoms with Gasteiger partial charge in [0, 0.05) is 4.90 Å². The number of nitrogen functional groups attached to an aromatic ring is 1. The van der Waals surface area contributed by atoms with Gasteiger partial charge in [0.15, 0.2) is 17.1 Å². The van der Waals surface area contributed by atoms with E-state index in [4.69, 9.17) is 10.5 Å². The van der Waals surface area contributed by atoms with E-state index in [1.54, 1.807) is 11.8 Å². The topological polar surface area (TPSA) is 76.3 Å². The third-order valence-electron chi connectivity index (χ3n) is 5.14. The first-order chi connectivity index (χ1) is 12.6. The van der Waals surface area contributed by atoms with Crippen LogP contribution in [0.15, 0.2) is 35.5 Å². The van der Waals surface area contributed by atoms with Crippen LogP contribution in [0.5, 0.6) is 0 Å². The molecule has 3 unspecified atom stereocenters. The molecule has 138 valence electrons. The second kappa shape index (κ2) is 6.96. The Morgan fingerprint density at radius 1 is 1.31 bits per heavy atom. The summed E-state index contributed by atoms with van der Waals surface area (Å²) >= 11 is 1.74. The lowest BCUT2D eigenvalue weighted by Crippen LogP contribution is -2.42. The molecule has 1 aromatic carbocycles. The Morgan fingerprint density at radius 2 is 2.08 bits per heavy atom. The van der Waals surface area contributed by atoms with Crippen LogP contribution in [0.25, 0.3) is 0 Å². The summed E-state index contributed by atoms with van der Waals surface area (Å²) in [5.41, 5.74) is 8.12. The Hall–Kier alpha value is -1.99. The van der Waals surface area contributed by atoms with Crippen molar-refractivity contribution in [2.75, 3.05) is 16.0 Å². The van der Waals surface area contributed by atoms with Crippen LogP contribution < -0.4 is 16.0 Å². The third-order valence-corrected chi connectivity index (χ3v) is 6.26. The fourth-order valence-corrected chi connectivity index (χ4v) is 4.76. The van der Waals surface area contributed by atoms with Crippen molar-refractivity contribution in [2.24, 2.45) is 5.92 Å². The summed E-state index contributed by atoms with van der Waals surface area (Å²) < 4.78 is 6.36. The molecule has 0 saturated carbocycles. The van der Waals surface area contributed by atoms with Crippen molar-refractivity contribution in [2.45, 2.75) is 56.3 Å². The van der Waals surface area contributed by atoms with Gasteiger partial charge >= 0.3 is 0 Å². The summed E-state index contributed by atoms with van der Waals surface area (Å²) in [5.74, 6) is 1.83. The van der Waals surface area contributed by atoms with Crippen LogP contribution in [-0.4, -0.2) is 27.8 Å². The summed E-state index contributed by atoms with van der Waals surface area (Å²) in [6.07, 6.45) is 3.80. The molecule has 1 fully saturated rings. The minimum Gasteiger partial charge on any atom is -0.382 e. The lowest BCUT2D eigenvalue weighted by atomic mass is 10.0. The van der Waals surface area contributed by atoms with E-state index in [-0.39, 0.29) is 17.8 Å². The van der Waals surface area contributed by atoms with Crippen molar-refractivity contribution >= 4 is 29.1 Å². The molecule has 4 atom stereocenters. The van der Waals surface area contributed by atoms with Gasteiger partial charge in [-0.1, -0.05) is 43.3 Å². The molecule has 4 rings (SSSR count). The molecule has 3 N–H and O–H groups in total.